The van der Waals surface area contributed by atoms with Gasteiger partial charge in [-0.15, -0.1) is 0 Å². The van der Waals surface area contributed by atoms with Crippen molar-refractivity contribution in [3.8, 4) is 0 Å². The second kappa shape index (κ2) is 28.5. The zero-order chi connectivity index (χ0) is 54.8. The first-order valence-electron chi connectivity index (χ1n) is 24.8. The first-order chi connectivity index (χ1) is 35.1. The van der Waals surface area contributed by atoms with Crippen LogP contribution in [0.4, 0.5) is 0 Å². The molecule has 1 aromatic carbocycles. The van der Waals surface area contributed by atoms with Gasteiger partial charge in [0.1, 0.15) is 54.4 Å². The van der Waals surface area contributed by atoms with Gasteiger partial charge in [0.25, 0.3) is 0 Å². The number of carbonyl (C=O) groups excluding carboxylic acids is 8. The van der Waals surface area contributed by atoms with Crippen molar-refractivity contribution < 1.29 is 63.6 Å². The van der Waals surface area contributed by atoms with Gasteiger partial charge in [0.2, 0.25) is 47.3 Å². The number of unbranched alkanes of at least 4 members (excludes halogenated alkanes) is 1. The Labute approximate surface area is 427 Å². The minimum atomic E-state index is -1.69. The summed E-state index contributed by atoms with van der Waals surface area (Å²) in [6.45, 7) is 3.50. The van der Waals surface area contributed by atoms with Crippen molar-refractivity contribution >= 4 is 70.1 Å². The smallest absolute Gasteiger partial charge is 0.326 e. The number of carboxylic acids is 1. The summed E-state index contributed by atoms with van der Waals surface area (Å²) in [4.78, 5) is 131. The average Bonchev–Trinajstić information content (AvgIpc) is 4.15. The van der Waals surface area contributed by atoms with E-state index < -0.39 is 126 Å². The Balaban J connectivity index is 1.52. The molecule has 27 nitrogen and oxygen atoms in total. The number of aliphatic imine (C=N–C) groups is 1. The van der Waals surface area contributed by atoms with Crippen LogP contribution in [-0.4, -0.2) is 194 Å². The van der Waals surface area contributed by atoms with Crippen LogP contribution in [0.3, 0.4) is 0 Å². The third-order valence-corrected chi connectivity index (χ3v) is 13.0. The number of rotatable bonds is 28. The van der Waals surface area contributed by atoms with Gasteiger partial charge in [0.05, 0.1) is 18.8 Å². The number of benzene rings is 1. The van der Waals surface area contributed by atoms with Crippen molar-refractivity contribution in [1.82, 2.24) is 46.7 Å². The monoisotopic (exact) mass is 1040 g/mol. The highest BCUT2D eigenvalue weighted by Gasteiger charge is 2.42. The lowest BCUT2D eigenvalue weighted by Crippen LogP contribution is -2.61. The van der Waals surface area contributed by atoms with Crippen LogP contribution in [0.15, 0.2) is 35.5 Å². The molecule has 1 aromatic heterocycles. The number of aliphatic hydroxyl groups is 3. The summed E-state index contributed by atoms with van der Waals surface area (Å²) >= 11 is 0. The molecule has 8 amide bonds. The molecule has 19 N–H and O–H groups in total. The molecule has 4 rings (SSSR count). The predicted molar refractivity (Wildman–Crippen MR) is 268 cm³/mol. The number of hydrogen-bond donors (Lipinski definition) is 15. The number of amides is 8. The van der Waals surface area contributed by atoms with Crippen LogP contribution in [0.5, 0.6) is 0 Å². The van der Waals surface area contributed by atoms with Gasteiger partial charge in [0, 0.05) is 43.2 Å². The Morgan fingerprint density at radius 1 is 0.716 bits per heavy atom. The van der Waals surface area contributed by atoms with Gasteiger partial charge in [-0.2, -0.15) is 0 Å². The molecule has 2 fully saturated rings. The summed E-state index contributed by atoms with van der Waals surface area (Å²) < 4.78 is 0. The van der Waals surface area contributed by atoms with Gasteiger partial charge >= 0.3 is 5.97 Å². The minimum absolute atomic E-state index is 0.00864. The number of nitrogens with one attached hydrogen (secondary N) is 7. The number of fused-ring (bicyclic) bond motifs is 1. The summed E-state index contributed by atoms with van der Waals surface area (Å²) in [5.41, 5.74) is 23.7. The van der Waals surface area contributed by atoms with Crippen molar-refractivity contribution in [2.75, 3.05) is 32.8 Å². The van der Waals surface area contributed by atoms with Crippen LogP contribution < -0.4 is 54.8 Å². The third-order valence-electron chi connectivity index (χ3n) is 13.0. The highest BCUT2D eigenvalue weighted by atomic mass is 16.4. The van der Waals surface area contributed by atoms with Crippen LogP contribution in [0.25, 0.3) is 10.9 Å². The number of carboxylic acid groups (broad SMARTS) is 1. The maximum absolute atomic E-state index is 14.6. The number of guanidine groups is 1. The quantitative estimate of drug-likeness (QED) is 0.0215. The number of aromatic amines is 1. The topological polar surface area (TPSA) is 445 Å². The van der Waals surface area contributed by atoms with E-state index in [-0.39, 0.29) is 70.7 Å². The molecule has 0 saturated carbocycles. The number of carbonyl (C=O) groups is 9. The number of para-hydroxylation sites is 1. The lowest BCUT2D eigenvalue weighted by Gasteiger charge is -2.31. The number of aliphatic hydroxyl groups excluding tert-OH is 3. The molecular formula is C47H74N14O13. The minimum Gasteiger partial charge on any atom is -0.480 e. The van der Waals surface area contributed by atoms with E-state index in [1.807, 2.05) is 18.2 Å². The Bertz CT molecular complexity index is 2320. The van der Waals surface area contributed by atoms with Gasteiger partial charge in [0.15, 0.2) is 5.96 Å². The highest BCUT2D eigenvalue weighted by molar-refractivity contribution is 5.99. The summed E-state index contributed by atoms with van der Waals surface area (Å²) in [7, 11) is 0. The maximum Gasteiger partial charge on any atom is 0.326 e. The number of H-pyrrole nitrogens is 1. The van der Waals surface area contributed by atoms with E-state index in [0.717, 1.165) is 15.8 Å². The molecule has 2 aliphatic heterocycles. The lowest BCUT2D eigenvalue weighted by atomic mass is 10.0. The largest absolute Gasteiger partial charge is 0.480 e. The Kier molecular flexibility index (Phi) is 23.0. The van der Waals surface area contributed by atoms with Crippen LogP contribution in [0.1, 0.15) is 84.1 Å². The molecule has 0 bridgehead atoms. The van der Waals surface area contributed by atoms with Crippen molar-refractivity contribution in [2.45, 2.75) is 152 Å². The third kappa shape index (κ3) is 16.5. The predicted octanol–water partition coefficient (Wildman–Crippen LogP) is -5.03. The molecule has 2 aliphatic rings. The van der Waals surface area contributed by atoms with Crippen molar-refractivity contribution in [2.24, 2.45) is 27.9 Å². The normalized spacial score (nSPS) is 19.1. The molecule has 27 heteroatoms. The van der Waals surface area contributed by atoms with Gasteiger partial charge in [-0.05, 0) is 96.7 Å². The Hall–Kier alpha value is -6.94. The van der Waals surface area contributed by atoms with Gasteiger partial charge in [-0.1, -0.05) is 18.2 Å². The molecule has 2 saturated heterocycles. The fourth-order valence-electron chi connectivity index (χ4n) is 8.78. The summed E-state index contributed by atoms with van der Waals surface area (Å²) in [6.07, 6.45) is 0.751. The molecule has 2 aromatic rings. The fourth-order valence-corrected chi connectivity index (χ4v) is 8.78. The number of likely N-dealkylation sites (tertiary alicyclic amines) is 2. The SMILES string of the molecule is C[C@H](NC(=O)[C@H](CCCCN)NC(=O)[C@@H](NC(=O)[C@H](CCCN=C(N)N)NC(=O)[C@@H](N)[C@@H](C)O)[C@@H](C)O)C(=O)N[C@@H](Cc1c[nH]c2ccccc12)C(=O)N1CCC[C@H]1C(=O)N[C@@H](CO)C(=O)N1CCC[C@H]1C(=O)O. The van der Waals surface area contributed by atoms with E-state index in [4.69, 9.17) is 22.9 Å². The molecule has 0 aliphatic carbocycles. The maximum atomic E-state index is 14.6. The van der Waals surface area contributed by atoms with Gasteiger partial charge in [-0.25, -0.2) is 4.79 Å². The zero-order valence-electron chi connectivity index (χ0n) is 42.0. The molecule has 11 atom stereocenters. The van der Waals surface area contributed by atoms with Gasteiger partial charge < -0.3 is 90.0 Å². The molecule has 0 radical (unpaired) electrons. The second-order valence-corrected chi connectivity index (χ2v) is 18.7. The first-order valence-corrected chi connectivity index (χ1v) is 24.8. The molecule has 0 spiro atoms. The Morgan fingerprint density at radius 2 is 1.30 bits per heavy atom. The van der Waals surface area contributed by atoms with E-state index in [2.05, 4.69) is 41.9 Å². The first kappa shape index (κ1) is 59.6. The molecule has 0 unspecified atom stereocenters. The van der Waals surface area contributed by atoms with E-state index in [9.17, 15) is 63.6 Å². The molecule has 3 heterocycles. The van der Waals surface area contributed by atoms with Crippen LogP contribution in [-0.2, 0) is 49.6 Å². The molecule has 74 heavy (non-hydrogen) atoms. The average molecular weight is 1040 g/mol. The van der Waals surface area contributed by atoms with Crippen LogP contribution in [0.2, 0.25) is 0 Å². The van der Waals surface area contributed by atoms with Crippen molar-refractivity contribution in [3.63, 3.8) is 0 Å². The van der Waals surface area contributed by atoms with Crippen molar-refractivity contribution in [3.05, 3.63) is 36.0 Å². The van der Waals surface area contributed by atoms with E-state index >= 15 is 0 Å². The van der Waals surface area contributed by atoms with Crippen LogP contribution in [0, 0.1) is 0 Å². The summed E-state index contributed by atoms with van der Waals surface area (Å²) in [5, 5.41) is 56.3. The highest BCUT2D eigenvalue weighted by Crippen LogP contribution is 2.24. The molecule has 410 valence electrons. The van der Waals surface area contributed by atoms with Gasteiger partial charge in [-0.3, -0.25) is 43.3 Å². The number of aromatic nitrogens is 1. The summed E-state index contributed by atoms with van der Waals surface area (Å²) in [6, 6.07) is -5.00. The standard InChI is InChI=1S/C47H74N14O13/c1-24(54-39(66)30(13-6-7-17-48)56-43(70)37(26(3)64)59-40(67)31(14-8-18-52-47(50)51)55-42(69)36(49)25(2)63)38(65)57-32(21-27-22-53-29-12-5-4-11-28(27)29)44(71)60-19-9-15-34(60)41(68)58-33(23-62)45(72)61-20-10-16-35(61)46(73)74/h4-5,11-12,22,24-26,30-37,53,62-64H,6-10,13-21,23,48-49H2,1-3H3,(H,54,66)(H,55,69)(H,56,70)(H,57,65)(H,58,68)(H,59,67)(H,73,74)(H4,50,51,52)/t24-,25+,26+,30-,31-,32-,33-,34-,35-,36-,37-/m0/s1. The van der Waals surface area contributed by atoms with E-state index in [0.29, 0.717) is 31.2 Å². The lowest BCUT2D eigenvalue weighted by molar-refractivity contribution is -0.150. The second-order valence-electron chi connectivity index (χ2n) is 18.7. The van der Waals surface area contributed by atoms with E-state index in [1.165, 1.54) is 25.7 Å². The number of aliphatic carboxylic acids is 1. The number of hydrogen-bond acceptors (Lipinski definition) is 15. The zero-order valence-corrected chi connectivity index (χ0v) is 42.0. The van der Waals surface area contributed by atoms with E-state index in [1.54, 1.807) is 12.3 Å². The molecular weight excluding hydrogens is 969 g/mol. The van der Waals surface area contributed by atoms with Crippen molar-refractivity contribution in [1.29, 1.82) is 0 Å². The number of nitrogens with two attached hydrogens (primary N) is 4. The fraction of sp³-hybridized carbons (Fsp3) is 0.617. The Morgan fingerprint density at radius 3 is 1.91 bits per heavy atom. The van der Waals surface area contributed by atoms with Crippen LogP contribution >= 0.6 is 0 Å². The number of nitrogens with zero attached hydrogens (tertiary/aromatic N) is 3. The summed E-state index contributed by atoms with van der Waals surface area (Å²) in [5.74, 6) is -8.14.